The number of nitrogens with one attached hydrogen (secondary N) is 3. The maximum Gasteiger partial charge on any atom is 0.323 e. The Labute approximate surface area is 188 Å². The van der Waals surface area contributed by atoms with Crippen LogP contribution in [0.15, 0.2) is 42.5 Å². The molecule has 0 unspecified atom stereocenters. The lowest BCUT2D eigenvalue weighted by Gasteiger charge is -2.33. The second-order valence-electron chi connectivity index (χ2n) is 7.92. The van der Waals surface area contributed by atoms with Crippen molar-refractivity contribution >= 4 is 29.0 Å². The Morgan fingerprint density at radius 1 is 1.09 bits per heavy atom. The molecule has 0 aromatic heterocycles. The smallest absolute Gasteiger partial charge is 0.323 e. The lowest BCUT2D eigenvalue weighted by Crippen LogP contribution is -2.35. The van der Waals surface area contributed by atoms with E-state index in [0.29, 0.717) is 41.6 Å². The van der Waals surface area contributed by atoms with E-state index in [1.54, 1.807) is 43.5 Å². The minimum absolute atomic E-state index is 0.202. The van der Waals surface area contributed by atoms with Crippen molar-refractivity contribution in [1.82, 2.24) is 5.32 Å². The fourth-order valence-electron chi connectivity index (χ4n) is 3.60. The van der Waals surface area contributed by atoms with E-state index >= 15 is 0 Å². The van der Waals surface area contributed by atoms with Crippen molar-refractivity contribution in [2.75, 3.05) is 48.9 Å². The Hall–Kier alpha value is -3.57. The lowest BCUT2D eigenvalue weighted by atomic mass is 9.98. The zero-order valence-corrected chi connectivity index (χ0v) is 18.5. The second kappa shape index (κ2) is 11.2. The van der Waals surface area contributed by atoms with Crippen molar-refractivity contribution < 1.29 is 14.3 Å². The molecule has 1 saturated heterocycles. The van der Waals surface area contributed by atoms with Crippen LogP contribution in [0.4, 0.5) is 21.9 Å². The molecule has 1 fully saturated rings. The number of hydrogen-bond acceptors (Lipinski definition) is 5. The van der Waals surface area contributed by atoms with Gasteiger partial charge >= 0.3 is 6.03 Å². The molecule has 8 nitrogen and oxygen atoms in total. The van der Waals surface area contributed by atoms with E-state index in [2.05, 4.69) is 27.8 Å². The molecule has 1 heterocycles. The number of amides is 3. The molecule has 32 heavy (non-hydrogen) atoms. The minimum Gasteiger partial charge on any atom is -0.383 e. The van der Waals surface area contributed by atoms with Gasteiger partial charge in [-0.25, -0.2) is 4.79 Å². The summed E-state index contributed by atoms with van der Waals surface area (Å²) < 4.78 is 5.03. The largest absolute Gasteiger partial charge is 0.383 e. The summed E-state index contributed by atoms with van der Waals surface area (Å²) in [5, 5.41) is 17.3. The maximum absolute atomic E-state index is 12.9. The molecule has 0 bridgehead atoms. The number of anilines is 3. The van der Waals surface area contributed by atoms with Crippen LogP contribution in [0.1, 0.15) is 35.7 Å². The van der Waals surface area contributed by atoms with Gasteiger partial charge in [-0.2, -0.15) is 5.26 Å². The Balaban J connectivity index is 1.75. The van der Waals surface area contributed by atoms with E-state index in [-0.39, 0.29) is 5.91 Å². The van der Waals surface area contributed by atoms with Crippen molar-refractivity contribution in [2.24, 2.45) is 5.92 Å². The van der Waals surface area contributed by atoms with Crippen molar-refractivity contribution in [1.29, 1.82) is 5.26 Å². The molecule has 2 aromatic rings. The number of nitrogens with zero attached hydrogens (tertiary/aromatic N) is 2. The second-order valence-corrected chi connectivity index (χ2v) is 7.92. The zero-order valence-electron chi connectivity index (χ0n) is 18.5. The molecule has 3 amide bonds. The third-order valence-corrected chi connectivity index (χ3v) is 5.49. The van der Waals surface area contributed by atoms with E-state index in [1.807, 2.05) is 12.1 Å². The van der Waals surface area contributed by atoms with Crippen molar-refractivity contribution in [3.63, 3.8) is 0 Å². The summed E-state index contributed by atoms with van der Waals surface area (Å²) in [6.45, 7) is 4.86. The first-order valence-corrected chi connectivity index (χ1v) is 10.7. The van der Waals surface area contributed by atoms with Gasteiger partial charge in [-0.05, 0) is 61.2 Å². The highest BCUT2D eigenvalue weighted by Crippen LogP contribution is 2.29. The summed E-state index contributed by atoms with van der Waals surface area (Å²) in [5.41, 5.74) is 2.99. The van der Waals surface area contributed by atoms with Crippen LogP contribution in [-0.2, 0) is 4.74 Å². The first-order valence-electron chi connectivity index (χ1n) is 10.7. The van der Waals surface area contributed by atoms with Crippen LogP contribution in [0.2, 0.25) is 0 Å². The average Bonchev–Trinajstić information content (AvgIpc) is 2.80. The quantitative estimate of drug-likeness (QED) is 0.574. The topological polar surface area (TPSA) is 106 Å². The van der Waals surface area contributed by atoms with Crippen molar-refractivity contribution in [3.05, 3.63) is 53.6 Å². The number of rotatable bonds is 7. The van der Waals surface area contributed by atoms with Gasteiger partial charge in [-0.1, -0.05) is 6.92 Å². The molecule has 8 heteroatoms. The number of benzene rings is 2. The Kier molecular flexibility index (Phi) is 8.06. The molecule has 3 rings (SSSR count). The summed E-state index contributed by atoms with van der Waals surface area (Å²) in [7, 11) is 1.59. The maximum atomic E-state index is 12.9. The molecule has 0 saturated carbocycles. The van der Waals surface area contributed by atoms with E-state index in [4.69, 9.17) is 10.00 Å². The van der Waals surface area contributed by atoms with Crippen LogP contribution in [-0.4, -0.2) is 45.3 Å². The van der Waals surface area contributed by atoms with Gasteiger partial charge in [-0.15, -0.1) is 0 Å². The minimum atomic E-state index is -0.431. The monoisotopic (exact) mass is 435 g/mol. The molecule has 0 atom stereocenters. The third-order valence-electron chi connectivity index (χ3n) is 5.49. The zero-order chi connectivity index (χ0) is 22.9. The number of methoxy groups -OCH3 is 1. The molecule has 168 valence electrons. The molecule has 1 aliphatic heterocycles. The first kappa shape index (κ1) is 23.1. The normalized spacial score (nSPS) is 13.8. The van der Waals surface area contributed by atoms with Gasteiger partial charge in [-0.3, -0.25) is 4.79 Å². The molecule has 2 aromatic carbocycles. The number of carbonyl (C=O) groups excluding carboxylic acids is 2. The van der Waals surface area contributed by atoms with Gasteiger partial charge in [0, 0.05) is 43.8 Å². The number of urea groups is 1. The van der Waals surface area contributed by atoms with Gasteiger partial charge < -0.3 is 25.6 Å². The van der Waals surface area contributed by atoms with E-state index < -0.39 is 6.03 Å². The van der Waals surface area contributed by atoms with Crippen molar-refractivity contribution in [3.8, 4) is 6.07 Å². The fourth-order valence-corrected chi connectivity index (χ4v) is 3.60. The summed E-state index contributed by atoms with van der Waals surface area (Å²) in [5.74, 6) is 0.476. The van der Waals surface area contributed by atoms with Crippen LogP contribution >= 0.6 is 0 Å². The molecular formula is C24H29N5O3. The van der Waals surface area contributed by atoms with Gasteiger partial charge in [0.25, 0.3) is 5.91 Å². The molecule has 0 radical (unpaired) electrons. The standard InChI is InChI=1S/C24H29N5O3/c1-17-9-12-29(13-10-17)22-8-7-20(15-21(22)23(30)26-11-14-32-2)28-24(31)27-19-5-3-18(16-25)4-6-19/h3-8,15,17H,9-14H2,1-2H3,(H,26,30)(H2,27,28,31). The van der Waals surface area contributed by atoms with Crippen LogP contribution in [0.25, 0.3) is 0 Å². The number of nitriles is 1. The van der Waals surface area contributed by atoms with Crippen LogP contribution in [0, 0.1) is 17.2 Å². The fraction of sp³-hybridized carbons (Fsp3) is 0.375. The van der Waals surface area contributed by atoms with Crippen LogP contribution in [0.3, 0.4) is 0 Å². The van der Waals surface area contributed by atoms with Crippen molar-refractivity contribution in [2.45, 2.75) is 19.8 Å². The van der Waals surface area contributed by atoms with E-state index in [0.717, 1.165) is 31.6 Å². The number of hydrogen-bond donors (Lipinski definition) is 3. The summed E-state index contributed by atoms with van der Waals surface area (Å²) >= 11 is 0. The van der Waals surface area contributed by atoms with Gasteiger partial charge in [0.1, 0.15) is 0 Å². The molecular weight excluding hydrogens is 406 g/mol. The average molecular weight is 436 g/mol. The molecule has 0 spiro atoms. The SMILES string of the molecule is COCCNC(=O)c1cc(NC(=O)Nc2ccc(C#N)cc2)ccc1N1CCC(C)CC1. The molecule has 0 aliphatic carbocycles. The summed E-state index contributed by atoms with van der Waals surface area (Å²) in [6.07, 6.45) is 2.16. The van der Waals surface area contributed by atoms with Gasteiger partial charge in [0.05, 0.1) is 23.8 Å². The highest BCUT2D eigenvalue weighted by molar-refractivity contribution is 6.04. The number of piperidine rings is 1. The van der Waals surface area contributed by atoms with Crippen LogP contribution < -0.4 is 20.9 Å². The van der Waals surface area contributed by atoms with Crippen LogP contribution in [0.5, 0.6) is 0 Å². The van der Waals surface area contributed by atoms with Gasteiger partial charge in [0.15, 0.2) is 0 Å². The molecule has 1 aliphatic rings. The van der Waals surface area contributed by atoms with Gasteiger partial charge in [0.2, 0.25) is 0 Å². The van der Waals surface area contributed by atoms with E-state index in [9.17, 15) is 9.59 Å². The predicted molar refractivity (Wildman–Crippen MR) is 125 cm³/mol. The Morgan fingerprint density at radius 2 is 1.75 bits per heavy atom. The highest BCUT2D eigenvalue weighted by Gasteiger charge is 2.22. The third kappa shape index (κ3) is 6.22. The van der Waals surface area contributed by atoms with E-state index in [1.165, 1.54) is 0 Å². The number of carbonyl (C=O) groups is 2. The first-order chi connectivity index (χ1) is 15.5. The highest BCUT2D eigenvalue weighted by atomic mass is 16.5. The number of ether oxygens (including phenoxy) is 1. The Morgan fingerprint density at radius 3 is 2.41 bits per heavy atom. The lowest BCUT2D eigenvalue weighted by molar-refractivity contribution is 0.0937. The molecule has 3 N–H and O–H groups in total. The summed E-state index contributed by atoms with van der Waals surface area (Å²) in [6, 6.07) is 13.6. The summed E-state index contributed by atoms with van der Waals surface area (Å²) in [4.78, 5) is 27.6. The predicted octanol–water partition coefficient (Wildman–Crippen LogP) is 3.81. The Bertz CT molecular complexity index is 976.